The lowest BCUT2D eigenvalue weighted by molar-refractivity contribution is -0.136. The molecule has 1 heterocycles. The smallest absolute Gasteiger partial charge is 0.320 e. The molecule has 0 spiro atoms. The molecule has 0 radical (unpaired) electrons. The van der Waals surface area contributed by atoms with Crippen LogP contribution in [0.5, 0.6) is 0 Å². The van der Waals surface area contributed by atoms with Crippen molar-refractivity contribution in [3.8, 4) is 5.69 Å². The van der Waals surface area contributed by atoms with E-state index in [1.165, 1.54) is 0 Å². The average molecular weight is 316 g/mol. The summed E-state index contributed by atoms with van der Waals surface area (Å²) in [7, 11) is 0. The molecule has 0 fully saturated rings. The van der Waals surface area contributed by atoms with E-state index in [9.17, 15) is 9.59 Å². The van der Waals surface area contributed by atoms with Crippen LogP contribution in [0.25, 0.3) is 5.69 Å². The summed E-state index contributed by atoms with van der Waals surface area (Å²) in [5.41, 5.74) is 4.09. The number of nitrogens with one attached hydrogen (secondary N) is 2. The predicted octanol–water partition coefficient (Wildman–Crippen LogP) is 2.39. The molecule has 23 heavy (non-hydrogen) atoms. The second-order valence-electron chi connectivity index (χ2n) is 5.45. The molecule has 0 atom stereocenters. The Balaban J connectivity index is 2.09. The third-order valence-corrected chi connectivity index (χ3v) is 3.20. The van der Waals surface area contributed by atoms with Crippen molar-refractivity contribution >= 4 is 17.8 Å². The Kier molecular flexibility index (Phi) is 5.00. The molecule has 0 saturated heterocycles. The third kappa shape index (κ3) is 4.57. The van der Waals surface area contributed by atoms with Crippen LogP contribution in [-0.4, -0.2) is 33.4 Å². The SMILES string of the molecule is Cc1cc(C)cc(-n2nc(NC(=O)NCCC(=O)O)cc2C)c1. The molecular formula is C16H20N4O3. The minimum Gasteiger partial charge on any atom is -0.481 e. The largest absolute Gasteiger partial charge is 0.481 e. The predicted molar refractivity (Wildman–Crippen MR) is 87.0 cm³/mol. The van der Waals surface area contributed by atoms with Gasteiger partial charge in [-0.15, -0.1) is 5.10 Å². The number of carboxylic acid groups (broad SMARTS) is 1. The Morgan fingerprint density at radius 3 is 2.39 bits per heavy atom. The van der Waals surface area contributed by atoms with E-state index in [4.69, 9.17) is 5.11 Å². The first kappa shape index (κ1) is 16.5. The number of hydrogen-bond donors (Lipinski definition) is 3. The van der Waals surface area contributed by atoms with Crippen LogP contribution in [0.4, 0.5) is 10.6 Å². The number of amides is 2. The van der Waals surface area contributed by atoms with Gasteiger partial charge in [0.15, 0.2) is 5.82 Å². The molecule has 7 heteroatoms. The van der Waals surface area contributed by atoms with Crippen LogP contribution in [0.3, 0.4) is 0 Å². The number of urea groups is 1. The lowest BCUT2D eigenvalue weighted by Crippen LogP contribution is -2.30. The number of aromatic nitrogens is 2. The molecule has 2 amide bonds. The highest BCUT2D eigenvalue weighted by atomic mass is 16.4. The van der Waals surface area contributed by atoms with Gasteiger partial charge in [-0.05, 0) is 44.0 Å². The van der Waals surface area contributed by atoms with Gasteiger partial charge in [0.05, 0.1) is 12.1 Å². The number of anilines is 1. The zero-order valence-electron chi connectivity index (χ0n) is 13.4. The monoisotopic (exact) mass is 316 g/mol. The lowest BCUT2D eigenvalue weighted by atomic mass is 10.1. The molecule has 0 aliphatic rings. The molecule has 0 aliphatic heterocycles. The number of carbonyl (C=O) groups excluding carboxylic acids is 1. The number of benzene rings is 1. The van der Waals surface area contributed by atoms with Crippen LogP contribution in [0.15, 0.2) is 24.3 Å². The van der Waals surface area contributed by atoms with Crippen LogP contribution in [0, 0.1) is 20.8 Å². The zero-order valence-corrected chi connectivity index (χ0v) is 13.4. The first-order valence-electron chi connectivity index (χ1n) is 7.27. The van der Waals surface area contributed by atoms with Crippen molar-refractivity contribution in [2.75, 3.05) is 11.9 Å². The Labute approximate surface area is 134 Å². The fourth-order valence-electron chi connectivity index (χ4n) is 2.31. The van der Waals surface area contributed by atoms with E-state index in [2.05, 4.69) is 21.8 Å². The van der Waals surface area contributed by atoms with Crippen LogP contribution in [-0.2, 0) is 4.79 Å². The number of rotatable bonds is 5. The number of aliphatic carboxylic acids is 1. The summed E-state index contributed by atoms with van der Waals surface area (Å²) in [4.78, 5) is 22.1. The zero-order chi connectivity index (χ0) is 17.0. The van der Waals surface area contributed by atoms with E-state index < -0.39 is 12.0 Å². The number of nitrogens with zero attached hydrogens (tertiary/aromatic N) is 2. The summed E-state index contributed by atoms with van der Waals surface area (Å²) in [5, 5.41) is 18.0. The van der Waals surface area contributed by atoms with Gasteiger partial charge in [-0.2, -0.15) is 0 Å². The standard InChI is InChI=1S/C16H20N4O3/c1-10-6-11(2)8-13(7-10)20-12(3)9-14(19-20)18-16(23)17-5-4-15(21)22/h6-9H,4-5H2,1-3H3,(H,21,22)(H2,17,18,19,23). The molecular weight excluding hydrogens is 296 g/mol. The van der Waals surface area contributed by atoms with Gasteiger partial charge < -0.3 is 10.4 Å². The van der Waals surface area contributed by atoms with Crippen LogP contribution >= 0.6 is 0 Å². The topological polar surface area (TPSA) is 96.3 Å². The summed E-state index contributed by atoms with van der Waals surface area (Å²) in [6.45, 7) is 6.00. The lowest BCUT2D eigenvalue weighted by Gasteiger charge is -2.07. The second kappa shape index (κ2) is 6.95. The first-order valence-corrected chi connectivity index (χ1v) is 7.27. The molecule has 1 aromatic heterocycles. The van der Waals surface area contributed by atoms with Gasteiger partial charge in [0, 0.05) is 18.3 Å². The van der Waals surface area contributed by atoms with Crippen LogP contribution in [0.2, 0.25) is 0 Å². The van der Waals surface area contributed by atoms with E-state index in [-0.39, 0.29) is 13.0 Å². The average Bonchev–Trinajstić information content (AvgIpc) is 2.77. The maximum absolute atomic E-state index is 11.7. The number of carboxylic acids is 1. The maximum atomic E-state index is 11.7. The molecule has 2 aromatic rings. The minimum absolute atomic E-state index is 0.0674. The van der Waals surface area contributed by atoms with E-state index in [0.29, 0.717) is 5.82 Å². The highest BCUT2D eigenvalue weighted by Gasteiger charge is 2.10. The van der Waals surface area contributed by atoms with E-state index in [1.54, 1.807) is 10.7 Å². The molecule has 0 bridgehead atoms. The highest BCUT2D eigenvalue weighted by molar-refractivity contribution is 5.88. The summed E-state index contributed by atoms with van der Waals surface area (Å²) in [5.74, 6) is -0.547. The van der Waals surface area contributed by atoms with Crippen molar-refractivity contribution < 1.29 is 14.7 Å². The number of hydrogen-bond acceptors (Lipinski definition) is 3. The number of carbonyl (C=O) groups is 2. The summed E-state index contributed by atoms with van der Waals surface area (Å²) in [6.07, 6.45) is -0.122. The van der Waals surface area contributed by atoms with Crippen LogP contribution < -0.4 is 10.6 Å². The van der Waals surface area contributed by atoms with Gasteiger partial charge in [0.2, 0.25) is 0 Å². The Bertz CT molecular complexity index is 717. The Morgan fingerprint density at radius 1 is 1.13 bits per heavy atom. The normalized spacial score (nSPS) is 10.4. The highest BCUT2D eigenvalue weighted by Crippen LogP contribution is 2.17. The summed E-state index contributed by atoms with van der Waals surface area (Å²) in [6, 6.07) is 7.40. The van der Waals surface area contributed by atoms with Gasteiger partial charge in [-0.3, -0.25) is 10.1 Å². The van der Waals surface area contributed by atoms with Gasteiger partial charge in [0.25, 0.3) is 0 Å². The van der Waals surface area contributed by atoms with Crippen molar-refractivity contribution in [3.05, 3.63) is 41.1 Å². The van der Waals surface area contributed by atoms with E-state index >= 15 is 0 Å². The van der Waals surface area contributed by atoms with Crippen molar-refractivity contribution in [1.82, 2.24) is 15.1 Å². The fraction of sp³-hybridized carbons (Fsp3) is 0.312. The van der Waals surface area contributed by atoms with Gasteiger partial charge in [-0.25, -0.2) is 9.48 Å². The Morgan fingerprint density at radius 2 is 1.78 bits per heavy atom. The molecule has 7 nitrogen and oxygen atoms in total. The molecule has 1 aromatic carbocycles. The quantitative estimate of drug-likeness (QED) is 0.789. The molecule has 0 saturated carbocycles. The van der Waals surface area contributed by atoms with Crippen molar-refractivity contribution in [1.29, 1.82) is 0 Å². The van der Waals surface area contributed by atoms with Crippen molar-refractivity contribution in [2.24, 2.45) is 0 Å². The first-order chi connectivity index (χ1) is 10.8. The third-order valence-electron chi connectivity index (χ3n) is 3.20. The summed E-state index contributed by atoms with van der Waals surface area (Å²) >= 11 is 0. The van der Waals surface area contributed by atoms with Crippen molar-refractivity contribution in [3.63, 3.8) is 0 Å². The number of aryl methyl sites for hydroxylation is 3. The van der Waals surface area contributed by atoms with E-state index in [1.807, 2.05) is 32.9 Å². The maximum Gasteiger partial charge on any atom is 0.320 e. The van der Waals surface area contributed by atoms with E-state index in [0.717, 1.165) is 22.5 Å². The molecule has 2 rings (SSSR count). The fourth-order valence-corrected chi connectivity index (χ4v) is 2.31. The molecule has 0 aliphatic carbocycles. The van der Waals surface area contributed by atoms with Gasteiger partial charge in [-0.1, -0.05) is 6.07 Å². The molecule has 0 unspecified atom stereocenters. The molecule has 3 N–H and O–H groups in total. The van der Waals surface area contributed by atoms with Crippen LogP contribution in [0.1, 0.15) is 23.2 Å². The summed E-state index contributed by atoms with van der Waals surface area (Å²) < 4.78 is 1.76. The second-order valence-corrected chi connectivity index (χ2v) is 5.45. The molecule has 122 valence electrons. The van der Waals surface area contributed by atoms with Gasteiger partial charge >= 0.3 is 12.0 Å². The van der Waals surface area contributed by atoms with Gasteiger partial charge in [0.1, 0.15) is 0 Å². The van der Waals surface area contributed by atoms with Crippen molar-refractivity contribution in [2.45, 2.75) is 27.2 Å². The Hall–Kier alpha value is -2.83. The minimum atomic E-state index is -0.958.